The lowest BCUT2D eigenvalue weighted by atomic mass is 10.1. The van der Waals surface area contributed by atoms with E-state index in [1.807, 2.05) is 0 Å². The molecular formula is C16H16Cl2N2O4S. The van der Waals surface area contributed by atoms with Crippen molar-refractivity contribution in [2.75, 3.05) is 13.1 Å². The number of furan rings is 1. The minimum Gasteiger partial charge on any atom is -0.459 e. The summed E-state index contributed by atoms with van der Waals surface area (Å²) in [5.74, 6) is 0.0916. The Labute approximate surface area is 155 Å². The lowest BCUT2D eigenvalue weighted by molar-refractivity contribution is 0.0679. The smallest absolute Gasteiger partial charge is 0.289 e. The molecule has 1 aromatic heterocycles. The van der Waals surface area contributed by atoms with Gasteiger partial charge >= 0.3 is 0 Å². The van der Waals surface area contributed by atoms with Crippen LogP contribution in [0.2, 0.25) is 10.0 Å². The summed E-state index contributed by atoms with van der Waals surface area (Å²) >= 11 is 11.8. The van der Waals surface area contributed by atoms with E-state index in [2.05, 4.69) is 4.72 Å². The molecule has 0 spiro atoms. The number of hydrogen-bond donors (Lipinski definition) is 1. The molecule has 1 saturated heterocycles. The lowest BCUT2D eigenvalue weighted by Gasteiger charge is -2.31. The van der Waals surface area contributed by atoms with Crippen molar-refractivity contribution in [1.29, 1.82) is 0 Å². The van der Waals surface area contributed by atoms with Gasteiger partial charge < -0.3 is 9.32 Å². The predicted octanol–water partition coefficient (Wildman–Crippen LogP) is 3.17. The summed E-state index contributed by atoms with van der Waals surface area (Å²) in [5.41, 5.74) is 0. The summed E-state index contributed by atoms with van der Waals surface area (Å²) in [4.78, 5) is 13.8. The number of nitrogens with one attached hydrogen (secondary N) is 1. The fourth-order valence-electron chi connectivity index (χ4n) is 2.72. The van der Waals surface area contributed by atoms with Gasteiger partial charge in [-0.2, -0.15) is 0 Å². The van der Waals surface area contributed by atoms with Gasteiger partial charge in [-0.3, -0.25) is 4.79 Å². The monoisotopic (exact) mass is 402 g/mol. The standard InChI is InChI=1S/C16H16Cl2N2O4S/c17-11-3-4-13(18)15(10-11)25(22,23)19-12-5-7-20(8-6-12)16(21)14-2-1-9-24-14/h1-4,9-10,12,19H,5-8H2. The highest BCUT2D eigenvalue weighted by atomic mass is 35.5. The molecule has 0 aliphatic carbocycles. The van der Waals surface area contributed by atoms with Gasteiger partial charge in [0.05, 0.1) is 11.3 Å². The van der Waals surface area contributed by atoms with Crippen LogP contribution in [0.3, 0.4) is 0 Å². The van der Waals surface area contributed by atoms with Crippen LogP contribution in [0.25, 0.3) is 0 Å². The Balaban J connectivity index is 1.64. The maximum Gasteiger partial charge on any atom is 0.289 e. The molecule has 1 aliphatic heterocycles. The van der Waals surface area contributed by atoms with E-state index < -0.39 is 10.0 Å². The fourth-order valence-corrected chi connectivity index (χ4v) is 4.79. The Morgan fingerprint density at radius 2 is 1.92 bits per heavy atom. The first-order valence-electron chi connectivity index (χ1n) is 7.67. The van der Waals surface area contributed by atoms with E-state index in [9.17, 15) is 13.2 Å². The molecule has 9 heteroatoms. The number of halogens is 2. The van der Waals surface area contributed by atoms with E-state index in [0.29, 0.717) is 31.0 Å². The van der Waals surface area contributed by atoms with Crippen molar-refractivity contribution < 1.29 is 17.6 Å². The number of nitrogens with zero attached hydrogens (tertiary/aromatic N) is 1. The minimum atomic E-state index is -3.78. The molecule has 0 radical (unpaired) electrons. The van der Waals surface area contributed by atoms with Crippen molar-refractivity contribution in [2.45, 2.75) is 23.8 Å². The second-order valence-electron chi connectivity index (χ2n) is 5.74. The van der Waals surface area contributed by atoms with Crippen molar-refractivity contribution in [3.8, 4) is 0 Å². The molecule has 1 amide bonds. The zero-order chi connectivity index (χ0) is 18.0. The van der Waals surface area contributed by atoms with Crippen LogP contribution >= 0.6 is 23.2 Å². The second-order valence-corrected chi connectivity index (χ2v) is 8.27. The van der Waals surface area contributed by atoms with Gasteiger partial charge in [0.1, 0.15) is 4.90 Å². The molecule has 2 aromatic rings. The molecule has 3 rings (SSSR count). The normalized spacial score (nSPS) is 16.2. The number of amides is 1. The largest absolute Gasteiger partial charge is 0.459 e. The van der Waals surface area contributed by atoms with Crippen LogP contribution in [0.15, 0.2) is 45.9 Å². The molecule has 1 fully saturated rings. The van der Waals surface area contributed by atoms with E-state index in [-0.39, 0.29) is 27.6 Å². The average molecular weight is 403 g/mol. The molecule has 2 heterocycles. The first-order valence-corrected chi connectivity index (χ1v) is 9.91. The van der Waals surface area contributed by atoms with Gasteiger partial charge in [0.2, 0.25) is 10.0 Å². The third-order valence-corrected chi connectivity index (χ3v) is 6.26. The minimum absolute atomic E-state index is 0.0456. The second kappa shape index (κ2) is 7.37. The van der Waals surface area contributed by atoms with Gasteiger partial charge in [0.25, 0.3) is 5.91 Å². The maximum absolute atomic E-state index is 12.5. The summed E-state index contributed by atoms with van der Waals surface area (Å²) < 4.78 is 32.8. The van der Waals surface area contributed by atoms with Crippen molar-refractivity contribution in [2.24, 2.45) is 0 Å². The molecule has 0 saturated carbocycles. The summed E-state index contributed by atoms with van der Waals surface area (Å²) in [7, 11) is -3.78. The first-order chi connectivity index (χ1) is 11.9. The van der Waals surface area contributed by atoms with E-state index in [0.717, 1.165) is 0 Å². The van der Waals surface area contributed by atoms with Gasteiger partial charge in [-0.05, 0) is 43.2 Å². The Kier molecular flexibility index (Phi) is 5.38. The summed E-state index contributed by atoms with van der Waals surface area (Å²) in [6.45, 7) is 0.881. The van der Waals surface area contributed by atoms with E-state index >= 15 is 0 Å². The Hall–Kier alpha value is -1.54. The molecule has 1 aromatic carbocycles. The molecule has 0 unspecified atom stereocenters. The molecule has 0 bridgehead atoms. The first kappa shape index (κ1) is 18.3. The number of sulfonamides is 1. The number of hydrogen-bond acceptors (Lipinski definition) is 4. The number of piperidine rings is 1. The predicted molar refractivity (Wildman–Crippen MR) is 94.4 cm³/mol. The number of benzene rings is 1. The number of rotatable bonds is 4. The van der Waals surface area contributed by atoms with Crippen LogP contribution in [0.1, 0.15) is 23.4 Å². The number of carbonyl (C=O) groups is 1. The summed E-state index contributed by atoms with van der Waals surface area (Å²) in [5, 5.41) is 0.408. The molecule has 134 valence electrons. The highest BCUT2D eigenvalue weighted by molar-refractivity contribution is 7.89. The summed E-state index contributed by atoms with van der Waals surface area (Å²) in [6, 6.07) is 7.29. The van der Waals surface area contributed by atoms with Crippen molar-refractivity contribution in [3.63, 3.8) is 0 Å². The van der Waals surface area contributed by atoms with Gasteiger partial charge in [0, 0.05) is 24.2 Å². The quantitative estimate of drug-likeness (QED) is 0.851. The fraction of sp³-hybridized carbons (Fsp3) is 0.312. The van der Waals surface area contributed by atoms with Crippen molar-refractivity contribution in [3.05, 3.63) is 52.4 Å². The van der Waals surface area contributed by atoms with E-state index in [4.69, 9.17) is 27.6 Å². The zero-order valence-electron chi connectivity index (χ0n) is 13.1. The highest BCUT2D eigenvalue weighted by Crippen LogP contribution is 2.26. The van der Waals surface area contributed by atoms with Gasteiger partial charge in [-0.25, -0.2) is 13.1 Å². The van der Waals surface area contributed by atoms with Crippen molar-refractivity contribution in [1.82, 2.24) is 9.62 Å². The highest BCUT2D eigenvalue weighted by Gasteiger charge is 2.29. The number of likely N-dealkylation sites (tertiary alicyclic amines) is 1. The molecule has 6 nitrogen and oxygen atoms in total. The third-order valence-electron chi connectivity index (χ3n) is 4.02. The molecule has 0 atom stereocenters. The van der Waals surface area contributed by atoms with Crippen LogP contribution < -0.4 is 4.72 Å². The van der Waals surface area contributed by atoms with Gasteiger partial charge in [-0.1, -0.05) is 23.2 Å². The van der Waals surface area contributed by atoms with Gasteiger partial charge in [-0.15, -0.1) is 0 Å². The molecule has 25 heavy (non-hydrogen) atoms. The van der Waals surface area contributed by atoms with Crippen LogP contribution in [0.4, 0.5) is 0 Å². The topological polar surface area (TPSA) is 79.6 Å². The van der Waals surface area contributed by atoms with E-state index in [1.165, 1.54) is 24.5 Å². The average Bonchev–Trinajstić information content (AvgIpc) is 3.11. The summed E-state index contributed by atoms with van der Waals surface area (Å²) in [6.07, 6.45) is 2.45. The Morgan fingerprint density at radius 3 is 2.56 bits per heavy atom. The van der Waals surface area contributed by atoms with Crippen LogP contribution in [-0.2, 0) is 10.0 Å². The zero-order valence-corrected chi connectivity index (χ0v) is 15.4. The van der Waals surface area contributed by atoms with Crippen LogP contribution in [-0.4, -0.2) is 38.4 Å². The lowest BCUT2D eigenvalue weighted by Crippen LogP contribution is -2.46. The number of carbonyl (C=O) groups excluding carboxylic acids is 1. The SMILES string of the molecule is O=C(c1ccco1)N1CCC(NS(=O)(=O)c2cc(Cl)ccc2Cl)CC1. The van der Waals surface area contributed by atoms with E-state index in [1.54, 1.807) is 17.0 Å². The van der Waals surface area contributed by atoms with Crippen LogP contribution in [0.5, 0.6) is 0 Å². The Morgan fingerprint density at radius 1 is 1.20 bits per heavy atom. The molecular weight excluding hydrogens is 387 g/mol. The third kappa shape index (κ3) is 4.17. The molecule has 1 N–H and O–H groups in total. The maximum atomic E-state index is 12.5. The van der Waals surface area contributed by atoms with Crippen molar-refractivity contribution >= 4 is 39.1 Å². The molecule has 1 aliphatic rings. The van der Waals surface area contributed by atoms with Gasteiger partial charge in [0.15, 0.2) is 5.76 Å². The Bertz CT molecular complexity index is 860. The van der Waals surface area contributed by atoms with Crippen LogP contribution in [0, 0.1) is 0 Å².